The van der Waals surface area contributed by atoms with Gasteiger partial charge in [-0.15, -0.1) is 5.10 Å². The first kappa shape index (κ1) is 18.5. The summed E-state index contributed by atoms with van der Waals surface area (Å²) in [6.45, 7) is 4.57. The summed E-state index contributed by atoms with van der Waals surface area (Å²) in [6.07, 6.45) is 5.06. The molecule has 8 nitrogen and oxygen atoms in total. The van der Waals surface area contributed by atoms with E-state index in [9.17, 15) is 4.79 Å². The molecule has 1 fully saturated rings. The minimum atomic E-state index is -0.0861. The van der Waals surface area contributed by atoms with Gasteiger partial charge in [-0.1, -0.05) is 18.2 Å². The minimum Gasteiger partial charge on any atom is -0.371 e. The van der Waals surface area contributed by atoms with Crippen molar-refractivity contribution in [2.75, 3.05) is 18.0 Å². The highest BCUT2D eigenvalue weighted by Crippen LogP contribution is 2.30. The van der Waals surface area contributed by atoms with Crippen LogP contribution in [-0.2, 0) is 6.54 Å². The van der Waals surface area contributed by atoms with Gasteiger partial charge in [0.2, 0.25) is 0 Å². The summed E-state index contributed by atoms with van der Waals surface area (Å²) in [5, 5.41) is 9.77. The van der Waals surface area contributed by atoms with Crippen LogP contribution in [-0.4, -0.2) is 42.6 Å². The molecular weight excluding hydrogens is 378 g/mol. The third-order valence-electron chi connectivity index (χ3n) is 5.71. The third kappa shape index (κ3) is 3.56. The van der Waals surface area contributed by atoms with Crippen molar-refractivity contribution in [3.05, 3.63) is 71.2 Å². The molecular formula is C22H23N7O. The van der Waals surface area contributed by atoms with E-state index in [0.717, 1.165) is 37.1 Å². The first-order valence-electron chi connectivity index (χ1n) is 10.2. The Morgan fingerprint density at radius 3 is 2.73 bits per heavy atom. The number of hydrogen-bond donors (Lipinski definition) is 0. The van der Waals surface area contributed by atoms with Gasteiger partial charge in [0.05, 0.1) is 5.52 Å². The first-order chi connectivity index (χ1) is 14.7. The molecule has 4 heterocycles. The highest BCUT2D eigenvalue weighted by Gasteiger charge is 2.22. The van der Waals surface area contributed by atoms with Crippen LogP contribution < -0.4 is 10.5 Å². The Bertz CT molecular complexity index is 1220. The van der Waals surface area contributed by atoms with Crippen LogP contribution in [0.2, 0.25) is 0 Å². The highest BCUT2D eigenvalue weighted by molar-refractivity contribution is 5.92. The van der Waals surface area contributed by atoms with Gasteiger partial charge in [-0.05, 0) is 43.9 Å². The second-order valence-electron chi connectivity index (χ2n) is 7.78. The predicted molar refractivity (Wildman–Crippen MR) is 115 cm³/mol. The number of aryl methyl sites for hydroxylation is 1. The molecule has 0 bridgehead atoms. The van der Waals surface area contributed by atoms with E-state index in [1.54, 1.807) is 27.8 Å². The maximum atomic E-state index is 12.3. The summed E-state index contributed by atoms with van der Waals surface area (Å²) in [5.74, 6) is 1.01. The van der Waals surface area contributed by atoms with Crippen molar-refractivity contribution in [1.82, 2.24) is 29.5 Å². The van der Waals surface area contributed by atoms with Gasteiger partial charge in [0.1, 0.15) is 12.7 Å². The number of anilines is 1. The summed E-state index contributed by atoms with van der Waals surface area (Å²) in [6, 6.07) is 13.7. The van der Waals surface area contributed by atoms with E-state index in [1.807, 2.05) is 13.0 Å². The van der Waals surface area contributed by atoms with E-state index in [0.29, 0.717) is 18.3 Å². The summed E-state index contributed by atoms with van der Waals surface area (Å²) < 4.78 is 3.12. The lowest BCUT2D eigenvalue weighted by Gasteiger charge is -2.34. The molecule has 0 spiro atoms. The lowest BCUT2D eigenvalue weighted by Crippen LogP contribution is -2.37. The number of pyridine rings is 1. The third-order valence-corrected chi connectivity index (χ3v) is 5.71. The first-order valence-corrected chi connectivity index (χ1v) is 10.2. The fourth-order valence-electron chi connectivity index (χ4n) is 4.17. The Labute approximate surface area is 173 Å². The number of para-hydroxylation sites is 1. The summed E-state index contributed by atoms with van der Waals surface area (Å²) in [5.41, 5.74) is 3.24. The molecule has 0 N–H and O–H groups in total. The van der Waals surface area contributed by atoms with Gasteiger partial charge in [0.25, 0.3) is 5.56 Å². The van der Waals surface area contributed by atoms with Gasteiger partial charge < -0.3 is 4.90 Å². The molecule has 0 radical (unpaired) electrons. The molecule has 5 rings (SSSR count). The number of aromatic nitrogens is 6. The van der Waals surface area contributed by atoms with Gasteiger partial charge in [-0.2, -0.15) is 5.10 Å². The minimum absolute atomic E-state index is 0.0861. The smallest absolute Gasteiger partial charge is 0.266 e. The molecule has 8 heteroatoms. The van der Waals surface area contributed by atoms with E-state index in [1.165, 1.54) is 17.4 Å². The summed E-state index contributed by atoms with van der Waals surface area (Å²) in [7, 11) is 0. The van der Waals surface area contributed by atoms with Crippen LogP contribution in [0.1, 0.15) is 18.5 Å². The number of piperidine rings is 1. The van der Waals surface area contributed by atoms with E-state index in [-0.39, 0.29) is 5.56 Å². The largest absolute Gasteiger partial charge is 0.371 e. The van der Waals surface area contributed by atoms with Crippen molar-refractivity contribution in [3.8, 4) is 5.82 Å². The number of hydrogen-bond acceptors (Lipinski definition) is 6. The van der Waals surface area contributed by atoms with Crippen LogP contribution >= 0.6 is 0 Å². The fourth-order valence-corrected chi connectivity index (χ4v) is 4.17. The van der Waals surface area contributed by atoms with Gasteiger partial charge >= 0.3 is 0 Å². The van der Waals surface area contributed by atoms with E-state index >= 15 is 0 Å². The van der Waals surface area contributed by atoms with Crippen LogP contribution in [0, 0.1) is 12.8 Å². The van der Waals surface area contributed by atoms with Crippen molar-refractivity contribution in [1.29, 1.82) is 0 Å². The molecule has 0 atom stereocenters. The average molecular weight is 401 g/mol. The molecule has 1 aliphatic rings. The summed E-state index contributed by atoms with van der Waals surface area (Å²) >= 11 is 0. The van der Waals surface area contributed by atoms with Gasteiger partial charge in [-0.3, -0.25) is 9.78 Å². The predicted octanol–water partition coefficient (Wildman–Crippen LogP) is 2.60. The Hall–Kier alpha value is -3.55. The second-order valence-corrected chi connectivity index (χ2v) is 7.78. The van der Waals surface area contributed by atoms with Gasteiger partial charge in [0, 0.05) is 42.5 Å². The highest BCUT2D eigenvalue weighted by atomic mass is 16.1. The molecule has 4 aromatic rings. The molecule has 3 aromatic heterocycles. The van der Waals surface area contributed by atoms with Crippen molar-refractivity contribution in [3.63, 3.8) is 0 Å². The molecule has 1 aromatic carbocycles. The van der Waals surface area contributed by atoms with E-state index in [2.05, 4.69) is 49.3 Å². The second kappa shape index (κ2) is 7.70. The Kier molecular flexibility index (Phi) is 4.74. The molecule has 1 aliphatic heterocycles. The lowest BCUT2D eigenvalue weighted by atomic mass is 9.96. The fraction of sp³-hybridized carbons (Fsp3) is 0.318. The molecule has 0 amide bonds. The van der Waals surface area contributed by atoms with Crippen LogP contribution in [0.25, 0.3) is 16.7 Å². The monoisotopic (exact) mass is 401 g/mol. The molecule has 30 heavy (non-hydrogen) atoms. The lowest BCUT2D eigenvalue weighted by molar-refractivity contribution is 0.334. The quantitative estimate of drug-likeness (QED) is 0.523. The number of benzene rings is 1. The topological polar surface area (TPSA) is 81.7 Å². The molecule has 0 unspecified atom stereocenters. The van der Waals surface area contributed by atoms with Crippen LogP contribution in [0.3, 0.4) is 0 Å². The molecule has 0 aliphatic carbocycles. The van der Waals surface area contributed by atoms with Crippen molar-refractivity contribution in [2.24, 2.45) is 5.92 Å². The van der Waals surface area contributed by atoms with E-state index in [4.69, 9.17) is 0 Å². The number of nitrogens with zero attached hydrogens (tertiary/aromatic N) is 7. The van der Waals surface area contributed by atoms with Crippen LogP contribution in [0.5, 0.6) is 0 Å². The maximum Gasteiger partial charge on any atom is 0.266 e. The van der Waals surface area contributed by atoms with E-state index < -0.39 is 0 Å². The van der Waals surface area contributed by atoms with Crippen molar-refractivity contribution >= 4 is 16.6 Å². The zero-order valence-electron chi connectivity index (χ0n) is 16.8. The maximum absolute atomic E-state index is 12.3. The SMILES string of the molecule is Cc1cc(N2CCC(Cn3nc(-n4cncn4)ccc3=O)CC2)c2ccccc2n1. The average Bonchev–Trinajstić information content (AvgIpc) is 3.30. The van der Waals surface area contributed by atoms with Crippen molar-refractivity contribution in [2.45, 2.75) is 26.3 Å². The number of fused-ring (bicyclic) bond motifs is 1. The zero-order valence-corrected chi connectivity index (χ0v) is 16.8. The molecule has 0 saturated carbocycles. The Morgan fingerprint density at radius 1 is 1.10 bits per heavy atom. The Balaban J connectivity index is 1.32. The van der Waals surface area contributed by atoms with Gasteiger partial charge in [0.15, 0.2) is 5.82 Å². The van der Waals surface area contributed by atoms with Crippen LogP contribution in [0.15, 0.2) is 59.9 Å². The zero-order chi connectivity index (χ0) is 20.5. The molecule has 1 saturated heterocycles. The standard InChI is InChI=1S/C22H23N7O/c1-16-12-20(18-4-2-3-5-19(18)25-16)27-10-8-17(9-11-27)13-28-22(30)7-6-21(26-28)29-15-23-14-24-29/h2-7,12,14-15,17H,8-11,13H2,1H3. The van der Waals surface area contributed by atoms with Crippen LogP contribution in [0.4, 0.5) is 5.69 Å². The summed E-state index contributed by atoms with van der Waals surface area (Å²) in [4.78, 5) is 23.4. The van der Waals surface area contributed by atoms with Gasteiger partial charge in [-0.25, -0.2) is 14.3 Å². The van der Waals surface area contributed by atoms with Crippen molar-refractivity contribution < 1.29 is 0 Å². The normalized spacial score (nSPS) is 15.0. The number of rotatable bonds is 4. The Morgan fingerprint density at radius 2 is 1.93 bits per heavy atom. The molecule has 152 valence electrons.